The van der Waals surface area contributed by atoms with Crippen molar-refractivity contribution in [3.8, 4) is 11.5 Å². The minimum atomic E-state index is -5.00. The smallest absolute Gasteiger partial charge is 0.480 e. The Balaban J connectivity index is 2.48. The first-order valence-corrected chi connectivity index (χ1v) is 10.3. The highest BCUT2D eigenvalue weighted by molar-refractivity contribution is 7.52. The summed E-state index contributed by atoms with van der Waals surface area (Å²) >= 11 is 0. The maximum atomic E-state index is 14.0. The normalized spacial score (nSPS) is 14.6. The lowest BCUT2D eigenvalue weighted by Gasteiger charge is -2.23. The van der Waals surface area contributed by atoms with E-state index in [4.69, 9.17) is 9.63 Å². The third-order valence-corrected chi connectivity index (χ3v) is 5.63. The van der Waals surface area contributed by atoms with E-state index in [1.54, 1.807) is 12.1 Å². The van der Waals surface area contributed by atoms with Crippen LogP contribution in [0.5, 0.6) is 11.5 Å². The summed E-state index contributed by atoms with van der Waals surface area (Å²) < 4.78 is 90.9. The van der Waals surface area contributed by atoms with E-state index in [1.807, 2.05) is 25.9 Å². The third-order valence-electron chi connectivity index (χ3n) is 4.05. The van der Waals surface area contributed by atoms with Gasteiger partial charge in [0.2, 0.25) is 34.8 Å². The maximum Gasteiger partial charge on any atom is 0.513 e. The van der Waals surface area contributed by atoms with Gasteiger partial charge in [0.15, 0.2) is 0 Å². The molecular weight excluding hydrogens is 448 g/mol. The quantitative estimate of drug-likeness (QED) is 0.249. The summed E-state index contributed by atoms with van der Waals surface area (Å²) in [6.45, 7) is 6.74. The Morgan fingerprint density at radius 2 is 1.39 bits per heavy atom. The molecule has 2 N–H and O–H groups in total. The van der Waals surface area contributed by atoms with Crippen LogP contribution >= 0.6 is 7.75 Å². The summed E-state index contributed by atoms with van der Waals surface area (Å²) in [5.74, 6) is -15.5. The molecule has 2 aromatic rings. The Bertz CT molecular complexity index is 1010. The molecule has 0 radical (unpaired) electrons. The summed E-state index contributed by atoms with van der Waals surface area (Å²) in [7, 11) is -5.00. The van der Waals surface area contributed by atoms with E-state index in [9.17, 15) is 31.3 Å². The number of nitrogens with one attached hydrogen (secondary N) is 1. The summed E-state index contributed by atoms with van der Waals surface area (Å²) in [6.07, 6.45) is 0. The lowest BCUT2D eigenvalue weighted by Crippen LogP contribution is -2.34. The highest BCUT2D eigenvalue weighted by Gasteiger charge is 2.38. The van der Waals surface area contributed by atoms with E-state index in [0.29, 0.717) is 0 Å². The lowest BCUT2D eigenvalue weighted by atomic mass is 9.87. The molecule has 0 saturated carbocycles. The lowest BCUT2D eigenvalue weighted by molar-refractivity contribution is -0.138. The molecule has 2 rings (SSSR count). The molecule has 0 aliphatic carbocycles. The number of halogens is 5. The Hall–Kier alpha value is -2.65. The van der Waals surface area contributed by atoms with Gasteiger partial charge in [-0.25, -0.2) is 17.7 Å². The standard InChI is InChI=1S/C19H19F5NO5P/c1-9(18(26)27)25-31(28,29-11-7-5-10(6-8-11)19(2,3)4)30-17-15(23)13(21)12(20)14(22)16(17)24/h5-9H,1-4H3,(H,25,28)(H,26,27). The summed E-state index contributed by atoms with van der Waals surface area (Å²) in [4.78, 5) is 11.1. The highest BCUT2D eigenvalue weighted by atomic mass is 31.2. The van der Waals surface area contributed by atoms with E-state index in [-0.39, 0.29) is 11.2 Å². The molecule has 0 bridgehead atoms. The van der Waals surface area contributed by atoms with Gasteiger partial charge in [0.1, 0.15) is 11.8 Å². The van der Waals surface area contributed by atoms with Crippen molar-refractivity contribution in [1.82, 2.24) is 5.09 Å². The number of aliphatic carboxylic acids is 1. The van der Waals surface area contributed by atoms with Crippen molar-refractivity contribution in [3.05, 3.63) is 58.9 Å². The Kier molecular flexibility index (Phi) is 7.02. The molecule has 0 amide bonds. The molecule has 2 atom stereocenters. The number of benzene rings is 2. The molecule has 0 aromatic heterocycles. The molecular formula is C19H19F5NO5P. The molecule has 170 valence electrons. The van der Waals surface area contributed by atoms with Gasteiger partial charge < -0.3 is 14.2 Å². The Labute approximate surface area is 174 Å². The highest BCUT2D eigenvalue weighted by Crippen LogP contribution is 2.47. The van der Waals surface area contributed by atoms with Gasteiger partial charge in [-0.15, -0.1) is 0 Å². The fourth-order valence-corrected chi connectivity index (χ4v) is 3.83. The molecule has 6 nitrogen and oxygen atoms in total. The molecule has 0 heterocycles. The molecule has 0 aliphatic heterocycles. The maximum absolute atomic E-state index is 14.0. The molecule has 12 heteroatoms. The number of carbonyl (C=O) groups is 1. The topological polar surface area (TPSA) is 84.9 Å². The van der Waals surface area contributed by atoms with Crippen LogP contribution in [0.3, 0.4) is 0 Å². The van der Waals surface area contributed by atoms with E-state index in [1.165, 1.54) is 12.1 Å². The van der Waals surface area contributed by atoms with Crippen molar-refractivity contribution in [2.75, 3.05) is 0 Å². The van der Waals surface area contributed by atoms with Crippen LogP contribution in [0.2, 0.25) is 0 Å². The Morgan fingerprint density at radius 1 is 0.935 bits per heavy atom. The number of carboxylic acid groups (broad SMARTS) is 1. The number of hydrogen-bond donors (Lipinski definition) is 2. The second kappa shape index (κ2) is 8.84. The van der Waals surface area contributed by atoms with Crippen molar-refractivity contribution in [2.45, 2.75) is 39.2 Å². The van der Waals surface area contributed by atoms with Gasteiger partial charge in [0, 0.05) is 0 Å². The van der Waals surface area contributed by atoms with E-state index < -0.39 is 54.6 Å². The van der Waals surface area contributed by atoms with Gasteiger partial charge in [-0.2, -0.15) is 13.9 Å². The first-order valence-electron chi connectivity index (χ1n) is 8.78. The minimum Gasteiger partial charge on any atom is -0.480 e. The van der Waals surface area contributed by atoms with Crippen molar-refractivity contribution >= 4 is 13.7 Å². The van der Waals surface area contributed by atoms with Crippen LogP contribution in [-0.4, -0.2) is 17.1 Å². The fourth-order valence-electron chi connectivity index (χ4n) is 2.30. The zero-order valence-corrected chi connectivity index (χ0v) is 17.7. The molecule has 0 aliphatic rings. The number of rotatable bonds is 7. The second-order valence-electron chi connectivity index (χ2n) is 7.54. The van der Waals surface area contributed by atoms with Crippen molar-refractivity contribution in [3.63, 3.8) is 0 Å². The number of carboxylic acids is 1. The Morgan fingerprint density at radius 3 is 1.81 bits per heavy atom. The van der Waals surface area contributed by atoms with Crippen LogP contribution in [0.15, 0.2) is 24.3 Å². The van der Waals surface area contributed by atoms with E-state index in [0.717, 1.165) is 12.5 Å². The predicted octanol–water partition coefficient (Wildman–Crippen LogP) is 5.31. The van der Waals surface area contributed by atoms with Crippen LogP contribution < -0.4 is 14.1 Å². The molecule has 0 spiro atoms. The van der Waals surface area contributed by atoms with E-state index in [2.05, 4.69) is 4.52 Å². The minimum absolute atomic E-state index is 0.176. The van der Waals surface area contributed by atoms with Crippen LogP contribution in [0, 0.1) is 29.1 Å². The van der Waals surface area contributed by atoms with Gasteiger partial charge in [-0.1, -0.05) is 32.9 Å². The van der Waals surface area contributed by atoms with E-state index >= 15 is 0 Å². The molecule has 2 aromatic carbocycles. The fraction of sp³-hybridized carbons (Fsp3) is 0.316. The van der Waals surface area contributed by atoms with Crippen LogP contribution in [0.25, 0.3) is 0 Å². The average Bonchev–Trinajstić information content (AvgIpc) is 2.67. The third kappa shape index (κ3) is 5.54. The largest absolute Gasteiger partial charge is 0.513 e. The van der Waals surface area contributed by atoms with Gasteiger partial charge >= 0.3 is 13.7 Å². The van der Waals surface area contributed by atoms with Crippen LogP contribution in [-0.2, 0) is 14.8 Å². The zero-order valence-electron chi connectivity index (χ0n) is 16.8. The van der Waals surface area contributed by atoms with Crippen LogP contribution in [0.4, 0.5) is 22.0 Å². The van der Waals surface area contributed by atoms with Gasteiger partial charge in [0.25, 0.3) is 0 Å². The SMILES string of the molecule is CC(NP(=O)(Oc1ccc(C(C)(C)C)cc1)Oc1c(F)c(F)c(F)c(F)c1F)C(=O)O. The molecule has 2 unspecified atom stereocenters. The monoisotopic (exact) mass is 467 g/mol. The number of hydrogen-bond acceptors (Lipinski definition) is 4. The second-order valence-corrected chi connectivity index (χ2v) is 9.16. The average molecular weight is 467 g/mol. The first-order chi connectivity index (χ1) is 14.2. The summed E-state index contributed by atoms with van der Waals surface area (Å²) in [6, 6.07) is 4.17. The predicted molar refractivity (Wildman–Crippen MR) is 100 cm³/mol. The van der Waals surface area contributed by atoms with Crippen molar-refractivity contribution < 1.29 is 45.5 Å². The van der Waals surface area contributed by atoms with Crippen LogP contribution in [0.1, 0.15) is 33.3 Å². The van der Waals surface area contributed by atoms with Crippen molar-refractivity contribution in [1.29, 1.82) is 0 Å². The summed E-state index contributed by atoms with van der Waals surface area (Å²) in [5, 5.41) is 10.9. The zero-order chi connectivity index (χ0) is 23.7. The molecule has 0 saturated heterocycles. The summed E-state index contributed by atoms with van der Waals surface area (Å²) in [5.41, 5.74) is 0.576. The molecule has 0 fully saturated rings. The van der Waals surface area contributed by atoms with Gasteiger partial charge in [-0.05, 0) is 30.0 Å². The van der Waals surface area contributed by atoms with Crippen molar-refractivity contribution in [2.24, 2.45) is 0 Å². The molecule has 31 heavy (non-hydrogen) atoms. The van der Waals surface area contributed by atoms with Gasteiger partial charge in [-0.3, -0.25) is 4.79 Å². The van der Waals surface area contributed by atoms with Gasteiger partial charge in [0.05, 0.1) is 0 Å². The first kappa shape index (κ1) is 24.6.